The van der Waals surface area contributed by atoms with Gasteiger partial charge in [0.05, 0.1) is 0 Å². The van der Waals surface area contributed by atoms with Gasteiger partial charge in [-0.3, -0.25) is 0 Å². The van der Waals surface area contributed by atoms with Gasteiger partial charge in [-0.2, -0.15) is 0 Å². The Bertz CT molecular complexity index is 185. The van der Waals surface area contributed by atoms with E-state index in [9.17, 15) is 0 Å². The van der Waals surface area contributed by atoms with Gasteiger partial charge in [-0.15, -0.1) is 0 Å². The minimum Gasteiger partial charge on any atom is -0.450 e. The monoisotopic (exact) mass is 139 g/mol. The zero-order valence-electron chi connectivity index (χ0n) is 4.71. The van der Waals surface area contributed by atoms with E-state index in [0.717, 1.165) is 12.9 Å². The molecule has 0 unspecified atom stereocenters. The molecule has 1 aromatic rings. The van der Waals surface area contributed by atoms with Crippen molar-refractivity contribution in [2.24, 2.45) is 0 Å². The van der Waals surface area contributed by atoms with Crippen molar-refractivity contribution in [3.05, 3.63) is 29.3 Å². The molecule has 0 spiro atoms. The van der Waals surface area contributed by atoms with Crippen LogP contribution in [-0.2, 0) is 0 Å². The summed E-state index contributed by atoms with van der Waals surface area (Å²) < 4.78 is 0. The highest BCUT2D eigenvalue weighted by Crippen LogP contribution is 2.02. The number of benzene rings is 1. The number of halogens is 1. The molecule has 0 saturated heterocycles. The van der Waals surface area contributed by atoms with Gasteiger partial charge in [0.2, 0.25) is 0 Å². The molecule has 9 heavy (non-hydrogen) atoms. The second-order valence-electron chi connectivity index (χ2n) is 1.68. The van der Waals surface area contributed by atoms with Crippen molar-refractivity contribution in [3.63, 3.8) is 0 Å². The molecule has 0 heterocycles. The minimum absolute atomic E-state index is 0.681. The highest BCUT2D eigenvalue weighted by molar-refractivity contribution is 6.45. The van der Waals surface area contributed by atoms with Gasteiger partial charge < -0.3 is 5.02 Å². The van der Waals surface area contributed by atoms with E-state index < -0.39 is 0 Å². The summed E-state index contributed by atoms with van der Waals surface area (Å²) >= 11 is 5.57. The van der Waals surface area contributed by atoms with Gasteiger partial charge in [-0.05, 0) is 12.1 Å². The number of hydrogen-bond donors (Lipinski definition) is 1. The van der Waals surface area contributed by atoms with Crippen molar-refractivity contribution >= 4 is 24.5 Å². The van der Waals surface area contributed by atoms with Crippen molar-refractivity contribution in [1.29, 1.82) is 0 Å². The average molecular weight is 139 g/mol. The average Bonchev–Trinajstić information content (AvgIpc) is 1.90. The Balaban J connectivity index is 2.88. The maximum absolute atomic E-state index is 8.46. The molecule has 0 bridgehead atoms. The van der Waals surface area contributed by atoms with E-state index in [1.807, 2.05) is 0 Å². The molecule has 0 amide bonds. The van der Waals surface area contributed by atoms with E-state index in [1.54, 1.807) is 24.3 Å². The Morgan fingerprint density at radius 3 is 2.22 bits per heavy atom. The Morgan fingerprint density at radius 2 is 1.78 bits per heavy atom. The normalized spacial score (nSPS) is 9.11. The molecule has 0 aliphatic heterocycles. The first-order valence-corrected chi connectivity index (χ1v) is 2.94. The quantitative estimate of drug-likeness (QED) is 0.564. The van der Waals surface area contributed by atoms with Crippen molar-refractivity contribution in [2.45, 2.75) is 0 Å². The topological polar surface area (TPSA) is 20.2 Å². The number of rotatable bonds is 1. The molecule has 3 heteroatoms. The molecule has 0 aliphatic rings. The van der Waals surface area contributed by atoms with E-state index in [-0.39, 0.29) is 0 Å². The van der Waals surface area contributed by atoms with Gasteiger partial charge in [0.25, 0.3) is 0 Å². The van der Waals surface area contributed by atoms with Crippen molar-refractivity contribution in [2.75, 3.05) is 0 Å². The molecular weight excluding hydrogens is 134 g/mol. The first-order chi connectivity index (χ1) is 4.33. The molecule has 45 valence electrons. The second kappa shape index (κ2) is 2.90. The van der Waals surface area contributed by atoms with Crippen LogP contribution in [0.15, 0.2) is 24.3 Å². The Morgan fingerprint density at radius 1 is 1.22 bits per heavy atom. The van der Waals surface area contributed by atoms with Crippen LogP contribution < -0.4 is 5.46 Å². The van der Waals surface area contributed by atoms with Gasteiger partial charge in [-0.1, -0.05) is 29.2 Å². The van der Waals surface area contributed by atoms with E-state index in [4.69, 9.17) is 16.6 Å². The van der Waals surface area contributed by atoms with Gasteiger partial charge in [0.15, 0.2) is 0 Å². The lowest BCUT2D eigenvalue weighted by atomic mass is 9.89. The van der Waals surface area contributed by atoms with Crippen LogP contribution in [0.3, 0.4) is 0 Å². The smallest absolute Gasteiger partial charge is 0.326 e. The van der Waals surface area contributed by atoms with Crippen LogP contribution in [0.4, 0.5) is 0 Å². The molecular formula is C6H5BClO. The summed E-state index contributed by atoms with van der Waals surface area (Å²) in [5.74, 6) is 0. The molecule has 0 saturated carbocycles. The van der Waals surface area contributed by atoms with Crippen LogP contribution in [0.2, 0.25) is 5.02 Å². The Hall–Kier alpha value is -0.465. The first kappa shape index (κ1) is 6.65. The highest BCUT2D eigenvalue weighted by atomic mass is 35.5. The summed E-state index contributed by atoms with van der Waals surface area (Å²) in [4.78, 5) is 0. The fraction of sp³-hybridized carbons (Fsp3) is 0. The van der Waals surface area contributed by atoms with Crippen LogP contribution in [0, 0.1) is 0 Å². The van der Waals surface area contributed by atoms with Gasteiger partial charge in [0.1, 0.15) is 0 Å². The first-order valence-electron chi connectivity index (χ1n) is 2.56. The van der Waals surface area contributed by atoms with Crippen LogP contribution in [0.25, 0.3) is 0 Å². The second-order valence-corrected chi connectivity index (χ2v) is 2.12. The maximum atomic E-state index is 8.46. The molecule has 0 aliphatic carbocycles. The third kappa shape index (κ3) is 1.73. The van der Waals surface area contributed by atoms with E-state index in [0.29, 0.717) is 5.02 Å². The summed E-state index contributed by atoms with van der Waals surface area (Å²) in [6.07, 6.45) is 0. The van der Waals surface area contributed by atoms with Crippen LogP contribution >= 0.6 is 11.6 Å². The third-order valence-corrected chi connectivity index (χ3v) is 1.27. The fourth-order valence-electron chi connectivity index (χ4n) is 0.549. The fourth-order valence-corrected chi connectivity index (χ4v) is 0.675. The molecule has 1 radical (unpaired) electrons. The Labute approximate surface area is 59.6 Å². The van der Waals surface area contributed by atoms with E-state index in [2.05, 4.69) is 0 Å². The van der Waals surface area contributed by atoms with Gasteiger partial charge in [0, 0.05) is 5.02 Å². The molecule has 1 aromatic carbocycles. The SMILES string of the molecule is O[B]c1ccc(Cl)cc1. The summed E-state index contributed by atoms with van der Waals surface area (Å²) in [6.45, 7) is 0. The van der Waals surface area contributed by atoms with Crippen molar-refractivity contribution < 1.29 is 5.02 Å². The lowest BCUT2D eigenvalue weighted by Gasteiger charge is -1.90. The highest BCUT2D eigenvalue weighted by Gasteiger charge is 1.90. The maximum Gasteiger partial charge on any atom is 0.326 e. The minimum atomic E-state index is 0.681. The lowest BCUT2D eigenvalue weighted by Crippen LogP contribution is -2.11. The molecule has 0 fully saturated rings. The van der Waals surface area contributed by atoms with E-state index >= 15 is 0 Å². The molecule has 1 rings (SSSR count). The summed E-state index contributed by atoms with van der Waals surface area (Å²) in [5, 5.41) is 9.14. The standard InChI is InChI=1S/C6H5BClO/c8-6-3-1-5(7-9)2-4-6/h1-4,9H. The lowest BCUT2D eigenvalue weighted by molar-refractivity contribution is 0.615. The van der Waals surface area contributed by atoms with Crippen molar-refractivity contribution in [1.82, 2.24) is 0 Å². The largest absolute Gasteiger partial charge is 0.450 e. The van der Waals surface area contributed by atoms with Crippen LogP contribution in [0.5, 0.6) is 0 Å². The van der Waals surface area contributed by atoms with Crippen molar-refractivity contribution in [3.8, 4) is 0 Å². The van der Waals surface area contributed by atoms with Gasteiger partial charge in [-0.25, -0.2) is 0 Å². The predicted octanol–water partition coefficient (Wildman–Crippen LogP) is 0.577. The van der Waals surface area contributed by atoms with Crippen LogP contribution in [-0.4, -0.2) is 12.5 Å². The summed E-state index contributed by atoms with van der Waals surface area (Å²) in [5.41, 5.74) is 0.763. The summed E-state index contributed by atoms with van der Waals surface area (Å²) in [7, 11) is 1.04. The molecule has 0 atom stereocenters. The predicted molar refractivity (Wildman–Crippen MR) is 39.1 cm³/mol. The van der Waals surface area contributed by atoms with Gasteiger partial charge >= 0.3 is 7.48 Å². The third-order valence-electron chi connectivity index (χ3n) is 1.02. The van der Waals surface area contributed by atoms with E-state index in [1.165, 1.54) is 0 Å². The Kier molecular flexibility index (Phi) is 2.14. The zero-order chi connectivity index (χ0) is 6.69. The zero-order valence-corrected chi connectivity index (χ0v) is 5.47. The molecule has 1 N–H and O–H groups in total. The van der Waals surface area contributed by atoms with Crippen LogP contribution in [0.1, 0.15) is 0 Å². The molecule has 0 aromatic heterocycles. The summed E-state index contributed by atoms with van der Waals surface area (Å²) in [6, 6.07) is 6.93. The number of hydrogen-bond acceptors (Lipinski definition) is 1. The molecule has 1 nitrogen and oxygen atoms in total.